The van der Waals surface area contributed by atoms with Crippen LogP contribution in [0, 0.1) is 0 Å². The highest BCUT2D eigenvalue weighted by molar-refractivity contribution is 5.18. The van der Waals surface area contributed by atoms with Crippen molar-refractivity contribution >= 4 is 0 Å². The van der Waals surface area contributed by atoms with Crippen LogP contribution in [0.15, 0.2) is 24.5 Å². The number of alkyl halides is 2. The largest absolute Gasteiger partial charge is 0.379 e. The monoisotopic (exact) mass is 173 g/mol. The SMILES string of the molecule is CC(O)(c1ccncc1)C(F)F. The van der Waals surface area contributed by atoms with Crippen LogP contribution in [0.25, 0.3) is 0 Å². The van der Waals surface area contributed by atoms with Gasteiger partial charge in [0.05, 0.1) is 0 Å². The average Bonchev–Trinajstić information content (AvgIpc) is 2.06. The van der Waals surface area contributed by atoms with Gasteiger partial charge in [0.15, 0.2) is 0 Å². The molecule has 1 rings (SSSR count). The molecule has 12 heavy (non-hydrogen) atoms. The van der Waals surface area contributed by atoms with E-state index in [9.17, 15) is 13.9 Å². The Balaban J connectivity index is 2.98. The minimum absolute atomic E-state index is 0.174. The fourth-order valence-corrected chi connectivity index (χ4v) is 0.815. The summed E-state index contributed by atoms with van der Waals surface area (Å²) in [5, 5.41) is 9.29. The molecule has 0 aliphatic rings. The fraction of sp³-hybridized carbons (Fsp3) is 0.375. The lowest BCUT2D eigenvalue weighted by atomic mass is 9.98. The van der Waals surface area contributed by atoms with Crippen LogP contribution in [0.2, 0.25) is 0 Å². The first-order valence-corrected chi connectivity index (χ1v) is 3.46. The molecule has 1 heterocycles. The Bertz CT molecular complexity index is 248. The summed E-state index contributed by atoms with van der Waals surface area (Å²) in [6.07, 6.45) is -0.0573. The van der Waals surface area contributed by atoms with Gasteiger partial charge in [-0.2, -0.15) is 0 Å². The number of pyridine rings is 1. The van der Waals surface area contributed by atoms with Crippen LogP contribution in [0.4, 0.5) is 8.78 Å². The summed E-state index contributed by atoms with van der Waals surface area (Å²) in [5.74, 6) is 0. The first-order chi connectivity index (χ1) is 5.55. The van der Waals surface area contributed by atoms with E-state index in [1.807, 2.05) is 0 Å². The average molecular weight is 173 g/mol. The molecule has 0 amide bonds. The minimum Gasteiger partial charge on any atom is -0.379 e. The molecule has 4 heteroatoms. The van der Waals surface area contributed by atoms with Crippen molar-refractivity contribution < 1.29 is 13.9 Å². The van der Waals surface area contributed by atoms with E-state index in [2.05, 4.69) is 4.98 Å². The number of hydrogen-bond acceptors (Lipinski definition) is 2. The third kappa shape index (κ3) is 1.58. The second-order valence-electron chi connectivity index (χ2n) is 2.68. The molecule has 1 N–H and O–H groups in total. The molecule has 0 saturated heterocycles. The van der Waals surface area contributed by atoms with E-state index in [1.165, 1.54) is 24.5 Å². The molecule has 0 fully saturated rings. The Hall–Kier alpha value is -1.03. The van der Waals surface area contributed by atoms with Gasteiger partial charge in [-0.1, -0.05) is 0 Å². The fourth-order valence-electron chi connectivity index (χ4n) is 0.815. The van der Waals surface area contributed by atoms with Crippen LogP contribution in [0.3, 0.4) is 0 Å². The van der Waals surface area contributed by atoms with Gasteiger partial charge < -0.3 is 5.11 Å². The molecule has 66 valence electrons. The third-order valence-electron chi connectivity index (χ3n) is 1.69. The molecule has 0 aliphatic carbocycles. The Labute approximate surface area is 68.9 Å². The molecule has 0 saturated carbocycles. The summed E-state index contributed by atoms with van der Waals surface area (Å²) in [6, 6.07) is 2.73. The molecule has 0 aromatic carbocycles. The Morgan fingerprint density at radius 1 is 1.42 bits per heavy atom. The van der Waals surface area contributed by atoms with Crippen LogP contribution in [0.1, 0.15) is 12.5 Å². The van der Waals surface area contributed by atoms with Crippen molar-refractivity contribution in [2.24, 2.45) is 0 Å². The van der Waals surface area contributed by atoms with Gasteiger partial charge in [-0.05, 0) is 24.6 Å². The van der Waals surface area contributed by atoms with Crippen molar-refractivity contribution in [1.82, 2.24) is 4.98 Å². The zero-order valence-electron chi connectivity index (χ0n) is 6.54. The summed E-state index contributed by atoms with van der Waals surface area (Å²) >= 11 is 0. The zero-order chi connectivity index (χ0) is 9.19. The van der Waals surface area contributed by atoms with Crippen LogP contribution in [-0.2, 0) is 5.60 Å². The molecule has 2 nitrogen and oxygen atoms in total. The summed E-state index contributed by atoms with van der Waals surface area (Å²) in [5.41, 5.74) is -1.91. The molecule has 0 aliphatic heterocycles. The van der Waals surface area contributed by atoms with Crippen molar-refractivity contribution in [1.29, 1.82) is 0 Å². The predicted octanol–water partition coefficient (Wildman–Crippen LogP) is 1.55. The van der Waals surface area contributed by atoms with Crippen LogP contribution in [0.5, 0.6) is 0 Å². The van der Waals surface area contributed by atoms with E-state index in [1.54, 1.807) is 0 Å². The lowest BCUT2D eigenvalue weighted by Crippen LogP contribution is -2.30. The Morgan fingerprint density at radius 3 is 2.33 bits per heavy atom. The first kappa shape index (κ1) is 9.06. The zero-order valence-corrected chi connectivity index (χ0v) is 6.54. The van der Waals surface area contributed by atoms with Gasteiger partial charge in [0.2, 0.25) is 0 Å². The maximum absolute atomic E-state index is 12.2. The summed E-state index contributed by atoms with van der Waals surface area (Å²) in [7, 11) is 0. The van der Waals surface area contributed by atoms with Gasteiger partial charge in [-0.25, -0.2) is 8.78 Å². The number of hydrogen-bond donors (Lipinski definition) is 1. The van der Waals surface area contributed by atoms with E-state index in [4.69, 9.17) is 0 Å². The maximum Gasteiger partial charge on any atom is 0.270 e. The van der Waals surface area contributed by atoms with Crippen molar-refractivity contribution in [3.05, 3.63) is 30.1 Å². The van der Waals surface area contributed by atoms with E-state index in [0.29, 0.717) is 0 Å². The maximum atomic E-state index is 12.2. The van der Waals surface area contributed by atoms with E-state index in [0.717, 1.165) is 6.92 Å². The van der Waals surface area contributed by atoms with Gasteiger partial charge in [-0.15, -0.1) is 0 Å². The van der Waals surface area contributed by atoms with Crippen molar-refractivity contribution in [2.45, 2.75) is 19.0 Å². The van der Waals surface area contributed by atoms with Crippen molar-refractivity contribution in [2.75, 3.05) is 0 Å². The number of halogens is 2. The van der Waals surface area contributed by atoms with Crippen molar-refractivity contribution in [3.63, 3.8) is 0 Å². The lowest BCUT2D eigenvalue weighted by molar-refractivity contribution is -0.0883. The smallest absolute Gasteiger partial charge is 0.270 e. The van der Waals surface area contributed by atoms with E-state index in [-0.39, 0.29) is 5.56 Å². The van der Waals surface area contributed by atoms with Gasteiger partial charge in [0.1, 0.15) is 5.60 Å². The normalized spacial score (nSPS) is 16.1. The second kappa shape index (κ2) is 3.15. The quantitative estimate of drug-likeness (QED) is 0.736. The van der Waals surface area contributed by atoms with E-state index < -0.39 is 12.0 Å². The molecule has 0 radical (unpaired) electrons. The summed E-state index contributed by atoms with van der Waals surface area (Å²) in [6.45, 7) is 1.08. The highest BCUT2D eigenvalue weighted by Gasteiger charge is 2.33. The van der Waals surface area contributed by atoms with Crippen LogP contribution in [-0.4, -0.2) is 16.5 Å². The number of aromatic nitrogens is 1. The topological polar surface area (TPSA) is 33.1 Å². The number of aliphatic hydroxyl groups is 1. The second-order valence-corrected chi connectivity index (χ2v) is 2.68. The van der Waals surface area contributed by atoms with Crippen LogP contribution < -0.4 is 0 Å². The Morgan fingerprint density at radius 2 is 1.92 bits per heavy atom. The lowest BCUT2D eigenvalue weighted by Gasteiger charge is -2.21. The molecular weight excluding hydrogens is 164 g/mol. The number of nitrogens with zero attached hydrogens (tertiary/aromatic N) is 1. The molecule has 1 aromatic rings. The molecule has 1 atom stereocenters. The number of rotatable bonds is 2. The highest BCUT2D eigenvalue weighted by Crippen LogP contribution is 2.26. The molecule has 1 aromatic heterocycles. The highest BCUT2D eigenvalue weighted by atomic mass is 19.3. The standard InChI is InChI=1S/C8H9F2NO/c1-8(12,7(9)10)6-2-4-11-5-3-6/h2-5,7,12H,1H3. The molecular formula is C8H9F2NO. The third-order valence-corrected chi connectivity index (χ3v) is 1.69. The summed E-state index contributed by atoms with van der Waals surface area (Å²) in [4.78, 5) is 3.66. The van der Waals surface area contributed by atoms with Crippen LogP contribution >= 0.6 is 0 Å². The first-order valence-electron chi connectivity index (χ1n) is 3.46. The van der Waals surface area contributed by atoms with Gasteiger partial charge >= 0.3 is 0 Å². The Kier molecular flexibility index (Phi) is 2.38. The van der Waals surface area contributed by atoms with Gasteiger partial charge in [0, 0.05) is 12.4 Å². The predicted molar refractivity (Wildman–Crippen MR) is 39.8 cm³/mol. The molecule has 0 spiro atoms. The van der Waals surface area contributed by atoms with Gasteiger partial charge in [0.25, 0.3) is 6.43 Å². The summed E-state index contributed by atoms with van der Waals surface area (Å²) < 4.78 is 24.5. The van der Waals surface area contributed by atoms with E-state index >= 15 is 0 Å². The molecule has 0 bridgehead atoms. The van der Waals surface area contributed by atoms with Crippen molar-refractivity contribution in [3.8, 4) is 0 Å². The molecule has 1 unspecified atom stereocenters. The van der Waals surface area contributed by atoms with Gasteiger partial charge in [-0.3, -0.25) is 4.98 Å². The minimum atomic E-state index is -2.79.